The summed E-state index contributed by atoms with van der Waals surface area (Å²) in [6.07, 6.45) is 6.16. The fourth-order valence-electron chi connectivity index (χ4n) is 5.71. The number of aliphatic hydroxyl groups is 1. The number of nitrogens with one attached hydrogen (secondary N) is 1. The van der Waals surface area contributed by atoms with E-state index in [-0.39, 0.29) is 42.4 Å². The van der Waals surface area contributed by atoms with Gasteiger partial charge in [-0.15, -0.1) is 12.4 Å². The van der Waals surface area contributed by atoms with Crippen molar-refractivity contribution in [3.63, 3.8) is 0 Å². The van der Waals surface area contributed by atoms with Crippen molar-refractivity contribution in [3.8, 4) is 11.3 Å². The van der Waals surface area contributed by atoms with Crippen LogP contribution in [0.1, 0.15) is 69.4 Å². The van der Waals surface area contributed by atoms with Gasteiger partial charge in [0.15, 0.2) is 5.69 Å². The Bertz CT molecular complexity index is 971. The molecule has 1 aromatic carbocycles. The van der Waals surface area contributed by atoms with E-state index in [0.29, 0.717) is 18.7 Å². The molecule has 1 saturated carbocycles. The lowest BCUT2D eigenvalue weighted by Crippen LogP contribution is -2.54. The number of halogens is 1. The van der Waals surface area contributed by atoms with Crippen molar-refractivity contribution >= 4 is 18.3 Å². The zero-order valence-electron chi connectivity index (χ0n) is 21.5. The molecule has 1 aliphatic heterocycles. The van der Waals surface area contributed by atoms with E-state index in [1.807, 2.05) is 39.8 Å². The SMILES string of the molecule is COC[C@]1(O)CCCC[C@H]1n1cnc(C(=O)N2CCNC[C@H]2CC(C)(C)C)c1-c1ccccc1.Cl. The molecule has 2 aromatic rings. The van der Waals surface area contributed by atoms with Crippen LogP contribution in [0.25, 0.3) is 11.3 Å². The maximum atomic E-state index is 14.0. The number of carbonyl (C=O) groups is 1. The molecule has 2 heterocycles. The van der Waals surface area contributed by atoms with Crippen LogP contribution in [0.5, 0.6) is 0 Å². The molecule has 2 N–H and O–H groups in total. The monoisotopic (exact) mass is 504 g/mol. The Morgan fingerprint density at radius 1 is 1.26 bits per heavy atom. The highest BCUT2D eigenvalue weighted by atomic mass is 35.5. The van der Waals surface area contributed by atoms with E-state index in [4.69, 9.17) is 9.72 Å². The maximum absolute atomic E-state index is 14.0. The highest BCUT2D eigenvalue weighted by Gasteiger charge is 2.42. The summed E-state index contributed by atoms with van der Waals surface area (Å²) in [5, 5.41) is 15.0. The molecule has 2 aliphatic rings. The van der Waals surface area contributed by atoms with Crippen molar-refractivity contribution in [2.24, 2.45) is 5.41 Å². The highest BCUT2D eigenvalue weighted by Crippen LogP contribution is 2.41. The largest absolute Gasteiger partial charge is 0.385 e. The molecule has 1 aromatic heterocycles. The Balaban J connectivity index is 0.00000342. The Kier molecular flexibility index (Phi) is 9.02. The number of rotatable bonds is 6. The Morgan fingerprint density at radius 2 is 2.00 bits per heavy atom. The maximum Gasteiger partial charge on any atom is 0.275 e. The lowest BCUT2D eigenvalue weighted by Gasteiger charge is -2.41. The predicted octanol–water partition coefficient (Wildman–Crippen LogP) is 4.31. The first kappa shape index (κ1) is 27.7. The third-order valence-corrected chi connectivity index (χ3v) is 7.19. The lowest BCUT2D eigenvalue weighted by molar-refractivity contribution is -0.0893. The second-order valence-electron chi connectivity index (χ2n) is 11.1. The van der Waals surface area contributed by atoms with Gasteiger partial charge in [-0.25, -0.2) is 4.98 Å². The van der Waals surface area contributed by atoms with Crippen LogP contribution in [0, 0.1) is 5.41 Å². The molecule has 2 fully saturated rings. The molecule has 0 radical (unpaired) electrons. The summed E-state index contributed by atoms with van der Waals surface area (Å²) < 4.78 is 7.47. The zero-order chi connectivity index (χ0) is 24.3. The van der Waals surface area contributed by atoms with Crippen molar-refractivity contribution in [1.29, 1.82) is 0 Å². The van der Waals surface area contributed by atoms with Crippen LogP contribution < -0.4 is 5.32 Å². The van der Waals surface area contributed by atoms with Crippen molar-refractivity contribution in [2.75, 3.05) is 33.4 Å². The van der Waals surface area contributed by atoms with Crippen LogP contribution in [-0.4, -0.2) is 70.5 Å². The smallest absolute Gasteiger partial charge is 0.275 e. The number of methoxy groups -OCH3 is 1. The van der Waals surface area contributed by atoms with Gasteiger partial charge in [0.1, 0.15) is 5.60 Å². The van der Waals surface area contributed by atoms with E-state index >= 15 is 0 Å². The van der Waals surface area contributed by atoms with E-state index in [2.05, 4.69) is 26.1 Å². The number of benzene rings is 1. The minimum Gasteiger partial charge on any atom is -0.385 e. The van der Waals surface area contributed by atoms with Gasteiger partial charge in [0.05, 0.1) is 24.7 Å². The Labute approximate surface area is 215 Å². The van der Waals surface area contributed by atoms with Gasteiger partial charge in [-0.1, -0.05) is 63.9 Å². The number of amides is 1. The summed E-state index contributed by atoms with van der Waals surface area (Å²) in [5.74, 6) is -0.0283. The predicted molar refractivity (Wildman–Crippen MR) is 141 cm³/mol. The molecular weight excluding hydrogens is 464 g/mol. The summed E-state index contributed by atoms with van der Waals surface area (Å²) in [7, 11) is 1.63. The molecule has 1 saturated heterocycles. The first-order valence-electron chi connectivity index (χ1n) is 12.6. The second-order valence-corrected chi connectivity index (χ2v) is 11.1. The first-order chi connectivity index (χ1) is 16.2. The molecule has 7 nitrogen and oxygen atoms in total. The van der Waals surface area contributed by atoms with Crippen LogP contribution in [-0.2, 0) is 4.74 Å². The van der Waals surface area contributed by atoms with Gasteiger partial charge in [0.2, 0.25) is 0 Å². The number of hydrogen-bond donors (Lipinski definition) is 2. The van der Waals surface area contributed by atoms with Gasteiger partial charge in [-0.05, 0) is 24.7 Å². The molecule has 35 heavy (non-hydrogen) atoms. The molecule has 0 spiro atoms. The highest BCUT2D eigenvalue weighted by molar-refractivity contribution is 5.98. The van der Waals surface area contributed by atoms with Crippen molar-refractivity contribution in [2.45, 2.75) is 70.6 Å². The standard InChI is InChI=1S/C27H40N4O3.ClH/c1-26(2,3)16-21-17-28-14-15-30(21)25(32)23-24(20-10-6-5-7-11-20)31(19-29-23)22-12-8-9-13-27(22,33)18-34-4;/h5-7,10-11,19,21-22,28,33H,8-9,12-18H2,1-4H3;1H/t21-,22-,27-;/m1./s1. The molecular formula is C27H41ClN4O3. The van der Waals surface area contributed by atoms with Crippen molar-refractivity contribution < 1.29 is 14.6 Å². The fraction of sp³-hybridized carbons (Fsp3) is 0.630. The third-order valence-electron chi connectivity index (χ3n) is 7.19. The number of piperazine rings is 1. The first-order valence-corrected chi connectivity index (χ1v) is 12.6. The summed E-state index contributed by atoms with van der Waals surface area (Å²) in [6, 6.07) is 9.91. The zero-order valence-corrected chi connectivity index (χ0v) is 22.3. The van der Waals surface area contributed by atoms with Gasteiger partial charge in [-0.2, -0.15) is 0 Å². The normalized spacial score (nSPS) is 25.2. The van der Waals surface area contributed by atoms with E-state index in [1.54, 1.807) is 13.4 Å². The van der Waals surface area contributed by atoms with Crippen LogP contribution >= 0.6 is 12.4 Å². The Hall–Kier alpha value is -1.93. The average molecular weight is 505 g/mol. The van der Waals surface area contributed by atoms with E-state index in [9.17, 15) is 9.90 Å². The summed E-state index contributed by atoms with van der Waals surface area (Å²) in [5.41, 5.74) is 1.33. The summed E-state index contributed by atoms with van der Waals surface area (Å²) >= 11 is 0. The number of carbonyl (C=O) groups excluding carboxylic acids is 1. The number of imidazole rings is 1. The number of hydrogen-bond acceptors (Lipinski definition) is 5. The fourth-order valence-corrected chi connectivity index (χ4v) is 5.71. The average Bonchev–Trinajstić information content (AvgIpc) is 3.23. The number of ether oxygens (including phenoxy) is 1. The number of aromatic nitrogens is 2. The molecule has 0 unspecified atom stereocenters. The minimum absolute atomic E-state index is 0. The van der Waals surface area contributed by atoms with Crippen molar-refractivity contribution in [3.05, 3.63) is 42.4 Å². The summed E-state index contributed by atoms with van der Waals surface area (Å²) in [6.45, 7) is 9.15. The van der Waals surface area contributed by atoms with Crippen LogP contribution in [0.4, 0.5) is 0 Å². The lowest BCUT2D eigenvalue weighted by atomic mass is 9.80. The quantitative estimate of drug-likeness (QED) is 0.612. The van der Waals surface area contributed by atoms with Gasteiger partial charge >= 0.3 is 0 Å². The van der Waals surface area contributed by atoms with Gasteiger partial charge in [0.25, 0.3) is 5.91 Å². The van der Waals surface area contributed by atoms with Crippen LogP contribution in [0.15, 0.2) is 36.7 Å². The molecule has 0 bridgehead atoms. The van der Waals surface area contributed by atoms with Crippen LogP contribution in [0.2, 0.25) is 0 Å². The molecule has 4 rings (SSSR count). The molecule has 8 heteroatoms. The van der Waals surface area contributed by atoms with E-state index in [1.165, 1.54) is 0 Å². The minimum atomic E-state index is -0.985. The molecule has 1 amide bonds. The van der Waals surface area contributed by atoms with E-state index in [0.717, 1.165) is 50.0 Å². The Morgan fingerprint density at radius 3 is 2.69 bits per heavy atom. The summed E-state index contributed by atoms with van der Waals surface area (Å²) in [4.78, 5) is 20.7. The number of nitrogens with zero attached hydrogens (tertiary/aromatic N) is 3. The molecule has 1 aliphatic carbocycles. The van der Waals surface area contributed by atoms with Crippen LogP contribution in [0.3, 0.4) is 0 Å². The third kappa shape index (κ3) is 6.08. The van der Waals surface area contributed by atoms with Gasteiger partial charge in [0, 0.05) is 38.3 Å². The molecule has 3 atom stereocenters. The van der Waals surface area contributed by atoms with Gasteiger partial charge in [-0.3, -0.25) is 4.79 Å². The van der Waals surface area contributed by atoms with E-state index < -0.39 is 5.60 Å². The topological polar surface area (TPSA) is 79.6 Å². The molecule has 194 valence electrons. The van der Waals surface area contributed by atoms with Gasteiger partial charge < -0.3 is 24.6 Å². The van der Waals surface area contributed by atoms with Crippen molar-refractivity contribution in [1.82, 2.24) is 19.8 Å². The second kappa shape index (κ2) is 11.4.